The Hall–Kier alpha value is -2.17. The molecule has 5 heteroatoms. The van der Waals surface area contributed by atoms with E-state index in [1.54, 1.807) is 13.2 Å². The number of hydrogen-bond donors (Lipinski definition) is 1. The first-order valence-electron chi connectivity index (χ1n) is 5.27. The van der Waals surface area contributed by atoms with E-state index in [2.05, 4.69) is 15.3 Å². The third-order valence-electron chi connectivity index (χ3n) is 2.36. The minimum Gasteiger partial charge on any atom is -0.467 e. The van der Waals surface area contributed by atoms with Gasteiger partial charge in [-0.25, -0.2) is 9.97 Å². The number of ketones is 1. The predicted octanol–water partition coefficient (Wildman–Crippen LogP) is 2.19. The molecule has 17 heavy (non-hydrogen) atoms. The van der Waals surface area contributed by atoms with E-state index in [9.17, 15) is 4.79 Å². The van der Waals surface area contributed by atoms with Crippen LogP contribution >= 0.6 is 0 Å². The molecule has 0 aromatic carbocycles. The van der Waals surface area contributed by atoms with Gasteiger partial charge in [-0.3, -0.25) is 4.79 Å². The number of aromatic nitrogens is 2. The largest absolute Gasteiger partial charge is 0.467 e. The summed E-state index contributed by atoms with van der Waals surface area (Å²) in [4.78, 5) is 19.5. The van der Waals surface area contributed by atoms with Crippen LogP contribution in [0.4, 0.5) is 5.95 Å². The van der Waals surface area contributed by atoms with Crippen LogP contribution in [0.2, 0.25) is 0 Å². The van der Waals surface area contributed by atoms with Gasteiger partial charge in [-0.1, -0.05) is 0 Å². The number of furan rings is 1. The number of nitrogens with one attached hydrogen (secondary N) is 1. The Labute approximate surface area is 98.9 Å². The molecule has 0 atom stereocenters. The second-order valence-corrected chi connectivity index (χ2v) is 3.68. The summed E-state index contributed by atoms with van der Waals surface area (Å²) in [5.41, 5.74) is 1.22. The minimum atomic E-state index is -0.0277. The van der Waals surface area contributed by atoms with Gasteiger partial charge in [0.15, 0.2) is 5.78 Å². The molecule has 0 aliphatic heterocycles. The van der Waals surface area contributed by atoms with Crippen LogP contribution in [0.15, 0.2) is 29.0 Å². The molecule has 0 aliphatic carbocycles. The maximum Gasteiger partial charge on any atom is 0.223 e. The smallest absolute Gasteiger partial charge is 0.223 e. The highest BCUT2D eigenvalue weighted by atomic mass is 16.3. The predicted molar refractivity (Wildman–Crippen MR) is 62.8 cm³/mol. The standard InChI is InChI=1S/C12H13N3O2/c1-8-11(9(2)16)7-14-12(15-8)13-6-10-4-3-5-17-10/h3-5,7H,6H2,1-2H3,(H,13,14,15). The zero-order chi connectivity index (χ0) is 12.3. The molecule has 2 heterocycles. The summed E-state index contributed by atoms with van der Waals surface area (Å²) in [5.74, 6) is 1.27. The van der Waals surface area contributed by atoms with Gasteiger partial charge in [0.25, 0.3) is 0 Å². The summed E-state index contributed by atoms with van der Waals surface area (Å²) in [6, 6.07) is 3.69. The van der Waals surface area contributed by atoms with Gasteiger partial charge >= 0.3 is 0 Å². The van der Waals surface area contributed by atoms with Crippen molar-refractivity contribution in [2.75, 3.05) is 5.32 Å². The fraction of sp³-hybridized carbons (Fsp3) is 0.250. The van der Waals surface area contributed by atoms with Crippen molar-refractivity contribution in [3.63, 3.8) is 0 Å². The zero-order valence-corrected chi connectivity index (χ0v) is 9.73. The van der Waals surface area contributed by atoms with E-state index in [1.807, 2.05) is 12.1 Å². The lowest BCUT2D eigenvalue weighted by molar-refractivity contribution is 0.101. The van der Waals surface area contributed by atoms with E-state index < -0.39 is 0 Å². The molecule has 0 fully saturated rings. The Kier molecular flexibility index (Phi) is 3.18. The number of rotatable bonds is 4. The zero-order valence-electron chi connectivity index (χ0n) is 9.73. The molecule has 5 nitrogen and oxygen atoms in total. The highest BCUT2D eigenvalue weighted by Crippen LogP contribution is 2.09. The van der Waals surface area contributed by atoms with Crippen LogP contribution in [-0.2, 0) is 6.54 Å². The third kappa shape index (κ3) is 2.69. The lowest BCUT2D eigenvalue weighted by atomic mass is 10.2. The summed E-state index contributed by atoms with van der Waals surface area (Å²) in [5, 5.41) is 3.03. The topological polar surface area (TPSA) is 68.0 Å². The lowest BCUT2D eigenvalue weighted by Crippen LogP contribution is -2.07. The lowest BCUT2D eigenvalue weighted by Gasteiger charge is -2.05. The summed E-state index contributed by atoms with van der Waals surface area (Å²) >= 11 is 0. The average molecular weight is 231 g/mol. The van der Waals surface area contributed by atoms with E-state index in [-0.39, 0.29) is 5.78 Å². The first kappa shape index (κ1) is 11.3. The van der Waals surface area contributed by atoms with E-state index in [0.29, 0.717) is 23.8 Å². The van der Waals surface area contributed by atoms with Gasteiger partial charge in [0.2, 0.25) is 5.95 Å². The first-order valence-corrected chi connectivity index (χ1v) is 5.27. The Morgan fingerprint density at radius 3 is 2.94 bits per heavy atom. The summed E-state index contributed by atoms with van der Waals surface area (Å²) < 4.78 is 5.18. The van der Waals surface area contributed by atoms with Crippen LogP contribution in [0.1, 0.15) is 28.7 Å². The van der Waals surface area contributed by atoms with Crippen LogP contribution in [0, 0.1) is 6.92 Å². The number of nitrogens with zero attached hydrogens (tertiary/aromatic N) is 2. The number of anilines is 1. The van der Waals surface area contributed by atoms with Gasteiger partial charge in [-0.2, -0.15) is 0 Å². The monoisotopic (exact) mass is 231 g/mol. The van der Waals surface area contributed by atoms with Crippen LogP contribution in [-0.4, -0.2) is 15.8 Å². The summed E-state index contributed by atoms with van der Waals surface area (Å²) in [7, 11) is 0. The number of carbonyl (C=O) groups excluding carboxylic acids is 1. The maximum atomic E-state index is 11.2. The number of hydrogen-bond acceptors (Lipinski definition) is 5. The van der Waals surface area contributed by atoms with Crippen molar-refractivity contribution in [3.8, 4) is 0 Å². The molecule has 2 aromatic heterocycles. The fourth-order valence-electron chi connectivity index (χ4n) is 1.48. The number of Topliss-reactive ketones (excluding diaryl/α,β-unsaturated/α-hetero) is 1. The molecule has 0 amide bonds. The first-order chi connectivity index (χ1) is 8.16. The molecule has 0 saturated heterocycles. The molecule has 0 bridgehead atoms. The van der Waals surface area contributed by atoms with Crippen molar-refractivity contribution in [1.29, 1.82) is 0 Å². The second kappa shape index (κ2) is 4.78. The van der Waals surface area contributed by atoms with Gasteiger partial charge in [0.05, 0.1) is 24.1 Å². The quantitative estimate of drug-likeness (QED) is 0.817. The van der Waals surface area contributed by atoms with Crippen LogP contribution in [0.5, 0.6) is 0 Å². The van der Waals surface area contributed by atoms with Gasteiger partial charge in [0.1, 0.15) is 5.76 Å². The molecule has 2 rings (SSSR count). The Morgan fingerprint density at radius 1 is 1.53 bits per heavy atom. The van der Waals surface area contributed by atoms with Gasteiger partial charge in [-0.15, -0.1) is 0 Å². The normalized spacial score (nSPS) is 10.2. The SMILES string of the molecule is CC(=O)c1cnc(NCc2ccco2)nc1C. The van der Waals surface area contributed by atoms with E-state index in [1.165, 1.54) is 13.1 Å². The molecule has 2 aromatic rings. The van der Waals surface area contributed by atoms with E-state index in [0.717, 1.165) is 5.76 Å². The molecular formula is C12H13N3O2. The van der Waals surface area contributed by atoms with Crippen molar-refractivity contribution >= 4 is 11.7 Å². The summed E-state index contributed by atoms with van der Waals surface area (Å²) in [6.07, 6.45) is 3.15. The minimum absolute atomic E-state index is 0.0277. The highest BCUT2D eigenvalue weighted by Gasteiger charge is 2.07. The molecule has 0 aliphatic rings. The Bertz CT molecular complexity index is 521. The molecule has 0 saturated carbocycles. The van der Waals surface area contributed by atoms with Gasteiger partial charge in [0, 0.05) is 6.20 Å². The molecule has 0 spiro atoms. The molecule has 0 radical (unpaired) electrons. The van der Waals surface area contributed by atoms with Crippen LogP contribution in [0.25, 0.3) is 0 Å². The molecule has 88 valence electrons. The molecule has 1 N–H and O–H groups in total. The van der Waals surface area contributed by atoms with E-state index in [4.69, 9.17) is 4.42 Å². The second-order valence-electron chi connectivity index (χ2n) is 3.68. The van der Waals surface area contributed by atoms with Gasteiger partial charge < -0.3 is 9.73 Å². The maximum absolute atomic E-state index is 11.2. The van der Waals surface area contributed by atoms with Crippen molar-refractivity contribution in [2.24, 2.45) is 0 Å². The Balaban J connectivity index is 2.07. The molecule has 0 unspecified atom stereocenters. The van der Waals surface area contributed by atoms with Crippen molar-refractivity contribution in [3.05, 3.63) is 41.6 Å². The number of carbonyl (C=O) groups is 1. The average Bonchev–Trinajstić information content (AvgIpc) is 2.78. The van der Waals surface area contributed by atoms with Crippen LogP contribution < -0.4 is 5.32 Å². The van der Waals surface area contributed by atoms with Crippen molar-refractivity contribution < 1.29 is 9.21 Å². The third-order valence-corrected chi connectivity index (χ3v) is 2.36. The fourth-order valence-corrected chi connectivity index (χ4v) is 1.48. The van der Waals surface area contributed by atoms with Gasteiger partial charge in [-0.05, 0) is 26.0 Å². The van der Waals surface area contributed by atoms with Crippen LogP contribution in [0.3, 0.4) is 0 Å². The van der Waals surface area contributed by atoms with Crippen molar-refractivity contribution in [1.82, 2.24) is 9.97 Å². The molecular weight excluding hydrogens is 218 g/mol. The Morgan fingerprint density at radius 2 is 2.35 bits per heavy atom. The van der Waals surface area contributed by atoms with E-state index >= 15 is 0 Å². The highest BCUT2D eigenvalue weighted by molar-refractivity contribution is 5.94. The summed E-state index contributed by atoms with van der Waals surface area (Å²) in [6.45, 7) is 3.81. The van der Waals surface area contributed by atoms with Crippen molar-refractivity contribution in [2.45, 2.75) is 20.4 Å². The number of aryl methyl sites for hydroxylation is 1.